The molecule has 0 bridgehead atoms. The van der Waals surface area contributed by atoms with Gasteiger partial charge in [-0.05, 0) is 24.0 Å². The highest BCUT2D eigenvalue weighted by Gasteiger charge is 2.23. The summed E-state index contributed by atoms with van der Waals surface area (Å²) in [6, 6.07) is 8.13. The molecule has 5 nitrogen and oxygen atoms in total. The topological polar surface area (TPSA) is 59.6 Å². The Bertz CT molecular complexity index is 451. The Morgan fingerprint density at radius 2 is 2.10 bits per heavy atom. The average Bonchev–Trinajstić information content (AvgIpc) is 2.53. The number of carbonyl (C=O) groups is 1. The number of amides is 1. The summed E-state index contributed by atoms with van der Waals surface area (Å²) in [7, 11) is 1.65. The Hall–Kier alpha value is -1.43. The van der Waals surface area contributed by atoms with Crippen LogP contribution in [0.25, 0.3) is 0 Å². The molecular formula is C16H24N2O3. The molecule has 1 atom stereocenters. The van der Waals surface area contributed by atoms with Crippen molar-refractivity contribution in [3.63, 3.8) is 0 Å². The summed E-state index contributed by atoms with van der Waals surface area (Å²) in [5, 5.41) is 6.25. The molecule has 0 aromatic heterocycles. The van der Waals surface area contributed by atoms with Crippen LogP contribution >= 0.6 is 0 Å². The van der Waals surface area contributed by atoms with Crippen LogP contribution in [0.2, 0.25) is 0 Å². The van der Waals surface area contributed by atoms with Gasteiger partial charge < -0.3 is 20.1 Å². The van der Waals surface area contributed by atoms with E-state index in [4.69, 9.17) is 9.47 Å². The number of benzene rings is 1. The van der Waals surface area contributed by atoms with Gasteiger partial charge in [0.25, 0.3) is 0 Å². The molecule has 1 unspecified atom stereocenters. The largest absolute Gasteiger partial charge is 0.382 e. The normalized spacial score (nSPS) is 17.3. The number of carbonyl (C=O) groups excluding carboxylic acids is 1. The first-order valence-electron chi connectivity index (χ1n) is 7.46. The minimum absolute atomic E-state index is 0.0707. The minimum Gasteiger partial charge on any atom is -0.382 e. The third-order valence-electron chi connectivity index (χ3n) is 3.59. The van der Waals surface area contributed by atoms with Gasteiger partial charge in [0, 0.05) is 26.8 Å². The Morgan fingerprint density at radius 1 is 1.29 bits per heavy atom. The van der Waals surface area contributed by atoms with E-state index in [1.165, 1.54) is 11.1 Å². The molecular weight excluding hydrogens is 268 g/mol. The van der Waals surface area contributed by atoms with E-state index in [9.17, 15) is 4.79 Å². The van der Waals surface area contributed by atoms with E-state index < -0.39 is 0 Å². The lowest BCUT2D eigenvalue weighted by atomic mass is 9.95. The number of methoxy groups -OCH3 is 1. The van der Waals surface area contributed by atoms with E-state index in [0.717, 1.165) is 19.4 Å². The molecule has 1 aliphatic heterocycles. The van der Waals surface area contributed by atoms with Crippen LogP contribution in [0.15, 0.2) is 24.3 Å². The highest BCUT2D eigenvalue weighted by Crippen LogP contribution is 2.16. The molecule has 1 aromatic rings. The monoisotopic (exact) mass is 292 g/mol. The number of nitrogens with one attached hydrogen (secondary N) is 2. The summed E-state index contributed by atoms with van der Waals surface area (Å²) < 4.78 is 10.2. The van der Waals surface area contributed by atoms with Gasteiger partial charge in [-0.1, -0.05) is 24.3 Å². The molecule has 21 heavy (non-hydrogen) atoms. The number of ether oxygens (including phenoxy) is 2. The number of fused-ring (bicyclic) bond motifs is 1. The molecule has 2 rings (SSSR count). The molecule has 0 radical (unpaired) electrons. The van der Waals surface area contributed by atoms with Gasteiger partial charge in [-0.15, -0.1) is 0 Å². The predicted molar refractivity (Wildman–Crippen MR) is 81.1 cm³/mol. The first-order chi connectivity index (χ1) is 10.3. The molecule has 0 fully saturated rings. The van der Waals surface area contributed by atoms with E-state index in [0.29, 0.717) is 26.4 Å². The molecule has 5 heteroatoms. The molecule has 1 aliphatic rings. The third kappa shape index (κ3) is 5.12. The highest BCUT2D eigenvalue weighted by atomic mass is 16.5. The number of rotatable bonds is 8. The molecule has 1 amide bonds. The van der Waals surface area contributed by atoms with E-state index in [1.807, 2.05) is 12.1 Å². The highest BCUT2D eigenvalue weighted by molar-refractivity contribution is 5.82. The van der Waals surface area contributed by atoms with Crippen molar-refractivity contribution < 1.29 is 14.3 Å². The van der Waals surface area contributed by atoms with Crippen LogP contribution in [-0.4, -0.2) is 45.4 Å². The SMILES string of the molecule is COCCOCCCNC(=O)C1Cc2ccccc2CN1. The zero-order chi connectivity index (χ0) is 14.9. The predicted octanol–water partition coefficient (Wildman–Crippen LogP) is 0.870. The summed E-state index contributed by atoms with van der Waals surface area (Å²) in [5.41, 5.74) is 2.55. The smallest absolute Gasteiger partial charge is 0.237 e. The molecule has 1 aromatic carbocycles. The van der Waals surface area contributed by atoms with Crippen LogP contribution in [-0.2, 0) is 27.2 Å². The van der Waals surface area contributed by atoms with Crippen LogP contribution in [0, 0.1) is 0 Å². The second-order valence-electron chi connectivity index (χ2n) is 5.16. The fourth-order valence-electron chi connectivity index (χ4n) is 2.39. The minimum atomic E-state index is -0.130. The van der Waals surface area contributed by atoms with Crippen molar-refractivity contribution >= 4 is 5.91 Å². The zero-order valence-corrected chi connectivity index (χ0v) is 12.6. The maximum atomic E-state index is 12.1. The summed E-state index contributed by atoms with van der Waals surface area (Å²) in [4.78, 5) is 12.1. The van der Waals surface area contributed by atoms with Gasteiger partial charge in [0.1, 0.15) is 0 Å². The summed E-state index contributed by atoms with van der Waals surface area (Å²) >= 11 is 0. The number of hydrogen-bond acceptors (Lipinski definition) is 4. The number of hydrogen-bond donors (Lipinski definition) is 2. The molecule has 0 saturated carbocycles. The molecule has 0 spiro atoms. The van der Waals surface area contributed by atoms with Crippen LogP contribution in [0.3, 0.4) is 0 Å². The van der Waals surface area contributed by atoms with Crippen molar-refractivity contribution in [2.24, 2.45) is 0 Å². The lowest BCUT2D eigenvalue weighted by Gasteiger charge is -2.25. The molecule has 2 N–H and O–H groups in total. The van der Waals surface area contributed by atoms with Crippen molar-refractivity contribution in [3.8, 4) is 0 Å². The molecule has 0 aliphatic carbocycles. The molecule has 1 heterocycles. The van der Waals surface area contributed by atoms with Crippen LogP contribution in [0.5, 0.6) is 0 Å². The van der Waals surface area contributed by atoms with Gasteiger partial charge in [0.15, 0.2) is 0 Å². The van der Waals surface area contributed by atoms with E-state index in [1.54, 1.807) is 7.11 Å². The molecule has 116 valence electrons. The zero-order valence-electron chi connectivity index (χ0n) is 12.6. The second-order valence-corrected chi connectivity index (χ2v) is 5.16. The quantitative estimate of drug-likeness (QED) is 0.698. The van der Waals surface area contributed by atoms with Crippen molar-refractivity contribution in [1.29, 1.82) is 0 Å². The Kier molecular flexibility index (Phi) is 6.66. The van der Waals surface area contributed by atoms with Crippen molar-refractivity contribution in [1.82, 2.24) is 10.6 Å². The first-order valence-corrected chi connectivity index (χ1v) is 7.46. The van der Waals surface area contributed by atoms with E-state index >= 15 is 0 Å². The summed E-state index contributed by atoms with van der Waals surface area (Å²) in [6.07, 6.45) is 1.57. The fraction of sp³-hybridized carbons (Fsp3) is 0.562. The lowest BCUT2D eigenvalue weighted by molar-refractivity contribution is -0.123. The summed E-state index contributed by atoms with van der Waals surface area (Å²) in [6.45, 7) is 3.26. The van der Waals surface area contributed by atoms with Crippen molar-refractivity contribution in [2.75, 3.05) is 33.5 Å². The standard InChI is InChI=1S/C16H24N2O3/c1-20-9-10-21-8-4-7-17-16(19)15-11-13-5-2-3-6-14(13)12-18-15/h2-3,5-6,15,18H,4,7-12H2,1H3,(H,17,19). The maximum absolute atomic E-state index is 12.1. The van der Waals surface area contributed by atoms with Crippen LogP contribution in [0.4, 0.5) is 0 Å². The fourth-order valence-corrected chi connectivity index (χ4v) is 2.39. The summed E-state index contributed by atoms with van der Waals surface area (Å²) in [5.74, 6) is 0.0707. The average molecular weight is 292 g/mol. The van der Waals surface area contributed by atoms with E-state index in [-0.39, 0.29) is 11.9 Å². The van der Waals surface area contributed by atoms with Gasteiger partial charge in [-0.2, -0.15) is 0 Å². The van der Waals surface area contributed by atoms with Crippen molar-refractivity contribution in [2.45, 2.75) is 25.4 Å². The van der Waals surface area contributed by atoms with Gasteiger partial charge in [-0.3, -0.25) is 4.79 Å². The van der Waals surface area contributed by atoms with Gasteiger partial charge >= 0.3 is 0 Å². The Balaban J connectivity index is 1.64. The molecule has 0 saturated heterocycles. The third-order valence-corrected chi connectivity index (χ3v) is 3.59. The Morgan fingerprint density at radius 3 is 2.90 bits per heavy atom. The van der Waals surface area contributed by atoms with Crippen LogP contribution in [0.1, 0.15) is 17.5 Å². The van der Waals surface area contributed by atoms with Crippen molar-refractivity contribution in [3.05, 3.63) is 35.4 Å². The van der Waals surface area contributed by atoms with Gasteiger partial charge in [-0.25, -0.2) is 0 Å². The van der Waals surface area contributed by atoms with Gasteiger partial charge in [0.2, 0.25) is 5.91 Å². The van der Waals surface area contributed by atoms with E-state index in [2.05, 4.69) is 22.8 Å². The van der Waals surface area contributed by atoms with Crippen LogP contribution < -0.4 is 10.6 Å². The lowest BCUT2D eigenvalue weighted by Crippen LogP contribution is -2.47. The maximum Gasteiger partial charge on any atom is 0.237 e. The second kappa shape index (κ2) is 8.77. The Labute approximate surface area is 126 Å². The van der Waals surface area contributed by atoms with Gasteiger partial charge in [0.05, 0.1) is 19.3 Å². The first kappa shape index (κ1) is 15.9.